The van der Waals surface area contributed by atoms with E-state index < -0.39 is 4.92 Å². The maximum atomic E-state index is 10.8. The summed E-state index contributed by atoms with van der Waals surface area (Å²) in [6.45, 7) is 0. The summed E-state index contributed by atoms with van der Waals surface area (Å²) in [7, 11) is 0. The number of aromatic nitrogens is 1. The fraction of sp³-hybridized carbons (Fsp3) is 0. The Kier molecular flexibility index (Phi) is 3.79. The van der Waals surface area contributed by atoms with E-state index in [9.17, 15) is 10.1 Å². The molecule has 0 bridgehead atoms. The first-order valence-electron chi connectivity index (χ1n) is 5.25. The minimum atomic E-state index is -0.527. The molecule has 8 heteroatoms. The van der Waals surface area contributed by atoms with Crippen LogP contribution in [0.4, 0.5) is 23.0 Å². The molecule has 1 aromatic carbocycles. The predicted molar refractivity (Wildman–Crippen MR) is 73.4 cm³/mol. The zero-order valence-corrected chi connectivity index (χ0v) is 10.4. The lowest BCUT2D eigenvalue weighted by Crippen LogP contribution is -2.10. The lowest BCUT2D eigenvalue weighted by atomic mass is 10.3. The predicted octanol–water partition coefficient (Wildman–Crippen LogP) is 2.67. The Labute approximate surface area is 113 Å². The molecular weight excluding hydrogens is 270 g/mol. The monoisotopic (exact) mass is 279 g/mol. The number of hydrogen-bond acceptors (Lipinski definition) is 6. The van der Waals surface area contributed by atoms with Crippen LogP contribution in [0.5, 0.6) is 0 Å². The first-order chi connectivity index (χ1) is 9.10. The summed E-state index contributed by atoms with van der Waals surface area (Å²) in [5.74, 6) is 5.68. The fourth-order valence-corrected chi connectivity index (χ4v) is 1.64. The Morgan fingerprint density at radius 1 is 1.26 bits per heavy atom. The number of nitrogens with two attached hydrogens (primary N) is 1. The van der Waals surface area contributed by atoms with Gasteiger partial charge in [0.25, 0.3) is 5.69 Å². The Hall–Kier alpha value is -2.38. The van der Waals surface area contributed by atoms with Crippen molar-refractivity contribution in [3.8, 4) is 0 Å². The molecular formula is C11H10ClN5O2. The number of halogens is 1. The van der Waals surface area contributed by atoms with Crippen LogP contribution < -0.4 is 16.6 Å². The fourth-order valence-electron chi connectivity index (χ4n) is 1.46. The lowest BCUT2D eigenvalue weighted by molar-refractivity contribution is -0.384. The molecule has 0 radical (unpaired) electrons. The van der Waals surface area contributed by atoms with E-state index in [4.69, 9.17) is 17.4 Å². The number of hydrazine groups is 1. The van der Waals surface area contributed by atoms with Crippen molar-refractivity contribution in [2.75, 3.05) is 10.7 Å². The highest BCUT2D eigenvalue weighted by atomic mass is 35.5. The van der Waals surface area contributed by atoms with Crippen molar-refractivity contribution in [1.29, 1.82) is 0 Å². The van der Waals surface area contributed by atoms with E-state index in [-0.39, 0.29) is 17.3 Å². The standard InChI is InChI=1S/C11H10ClN5O2/c12-8-3-1-2-4-9(8)14-10-5-7(17(18)19)6-11(15-10)16-13/h1-6H,13H2,(H2,14,15,16). The number of nitrogen functional groups attached to an aromatic ring is 1. The average Bonchev–Trinajstić information content (AvgIpc) is 2.41. The third-order valence-corrected chi connectivity index (χ3v) is 2.63. The summed E-state index contributed by atoms with van der Waals surface area (Å²) < 4.78 is 0. The molecule has 2 rings (SSSR count). The maximum Gasteiger partial charge on any atom is 0.276 e. The number of hydrogen-bond donors (Lipinski definition) is 3. The van der Waals surface area contributed by atoms with Crippen LogP contribution in [0.1, 0.15) is 0 Å². The van der Waals surface area contributed by atoms with Gasteiger partial charge in [-0.1, -0.05) is 23.7 Å². The number of anilines is 3. The van der Waals surface area contributed by atoms with Crippen molar-refractivity contribution in [2.45, 2.75) is 0 Å². The van der Waals surface area contributed by atoms with Crippen molar-refractivity contribution in [2.24, 2.45) is 5.84 Å². The molecule has 0 saturated carbocycles. The zero-order chi connectivity index (χ0) is 13.8. The number of rotatable bonds is 4. The van der Waals surface area contributed by atoms with Gasteiger partial charge in [-0.2, -0.15) is 0 Å². The second kappa shape index (κ2) is 5.51. The summed E-state index contributed by atoms with van der Waals surface area (Å²) in [6.07, 6.45) is 0. The Bertz CT molecular complexity index is 620. The topological polar surface area (TPSA) is 106 Å². The largest absolute Gasteiger partial charge is 0.339 e. The van der Waals surface area contributed by atoms with Gasteiger partial charge in [0.1, 0.15) is 11.6 Å². The van der Waals surface area contributed by atoms with Gasteiger partial charge in [-0.25, -0.2) is 10.8 Å². The molecule has 0 saturated heterocycles. The zero-order valence-electron chi connectivity index (χ0n) is 9.63. The molecule has 98 valence electrons. The highest BCUT2D eigenvalue weighted by Crippen LogP contribution is 2.27. The molecule has 0 spiro atoms. The van der Waals surface area contributed by atoms with Gasteiger partial charge in [0, 0.05) is 0 Å². The van der Waals surface area contributed by atoms with E-state index in [1.165, 1.54) is 12.1 Å². The van der Waals surface area contributed by atoms with Crippen LogP contribution in [0.3, 0.4) is 0 Å². The van der Waals surface area contributed by atoms with Crippen molar-refractivity contribution >= 4 is 34.6 Å². The van der Waals surface area contributed by atoms with Gasteiger partial charge >= 0.3 is 0 Å². The number of nitrogens with one attached hydrogen (secondary N) is 2. The molecule has 0 atom stereocenters. The number of para-hydroxylation sites is 1. The van der Waals surface area contributed by atoms with Gasteiger partial charge in [-0.05, 0) is 12.1 Å². The van der Waals surface area contributed by atoms with E-state index in [0.29, 0.717) is 10.7 Å². The smallest absolute Gasteiger partial charge is 0.276 e. The van der Waals surface area contributed by atoms with Crippen molar-refractivity contribution in [1.82, 2.24) is 4.98 Å². The first kappa shape index (κ1) is 13.1. The third-order valence-electron chi connectivity index (χ3n) is 2.31. The van der Waals surface area contributed by atoms with Crippen molar-refractivity contribution in [3.63, 3.8) is 0 Å². The highest BCUT2D eigenvalue weighted by Gasteiger charge is 2.11. The Morgan fingerprint density at radius 3 is 2.58 bits per heavy atom. The lowest BCUT2D eigenvalue weighted by Gasteiger charge is -2.08. The minimum Gasteiger partial charge on any atom is -0.339 e. The number of nitrogens with zero attached hydrogens (tertiary/aromatic N) is 2. The quantitative estimate of drug-likeness (QED) is 0.451. The van der Waals surface area contributed by atoms with E-state index in [0.717, 1.165) is 0 Å². The minimum absolute atomic E-state index is 0.127. The van der Waals surface area contributed by atoms with Gasteiger partial charge in [0.15, 0.2) is 0 Å². The molecule has 0 unspecified atom stereocenters. The van der Waals surface area contributed by atoms with Crippen molar-refractivity contribution in [3.05, 3.63) is 51.5 Å². The third kappa shape index (κ3) is 3.09. The van der Waals surface area contributed by atoms with Gasteiger partial charge in [-0.3, -0.25) is 10.1 Å². The highest BCUT2D eigenvalue weighted by molar-refractivity contribution is 6.33. The molecule has 0 aliphatic carbocycles. The summed E-state index contributed by atoms with van der Waals surface area (Å²) in [6, 6.07) is 9.53. The van der Waals surface area contributed by atoms with Crippen LogP contribution >= 0.6 is 11.6 Å². The van der Waals surface area contributed by atoms with E-state index in [1.807, 2.05) is 0 Å². The van der Waals surface area contributed by atoms with Crippen LogP contribution in [0, 0.1) is 10.1 Å². The Balaban J connectivity index is 2.37. The molecule has 0 amide bonds. The van der Waals surface area contributed by atoms with Gasteiger partial charge < -0.3 is 10.7 Å². The SMILES string of the molecule is NNc1cc([N+](=O)[O-])cc(Nc2ccccc2Cl)n1. The summed E-state index contributed by atoms with van der Waals surface area (Å²) in [5.41, 5.74) is 2.74. The Morgan fingerprint density at radius 2 is 1.95 bits per heavy atom. The first-order valence-corrected chi connectivity index (χ1v) is 5.62. The molecule has 4 N–H and O–H groups in total. The van der Waals surface area contributed by atoms with E-state index >= 15 is 0 Å². The maximum absolute atomic E-state index is 10.8. The molecule has 0 fully saturated rings. The molecule has 0 aliphatic rings. The normalized spacial score (nSPS) is 10.0. The second-order valence-electron chi connectivity index (χ2n) is 3.60. The number of nitro groups is 1. The number of benzene rings is 1. The van der Waals surface area contributed by atoms with Crippen LogP contribution in [0.25, 0.3) is 0 Å². The van der Waals surface area contributed by atoms with Crippen LogP contribution in [-0.2, 0) is 0 Å². The molecule has 2 aromatic rings. The van der Waals surface area contributed by atoms with Gasteiger partial charge in [0.2, 0.25) is 0 Å². The molecule has 1 aromatic heterocycles. The van der Waals surface area contributed by atoms with Crippen LogP contribution in [-0.4, -0.2) is 9.91 Å². The van der Waals surface area contributed by atoms with Gasteiger partial charge in [0.05, 0.1) is 27.8 Å². The van der Waals surface area contributed by atoms with E-state index in [2.05, 4.69) is 15.7 Å². The van der Waals surface area contributed by atoms with Crippen LogP contribution in [0.2, 0.25) is 5.02 Å². The number of pyridine rings is 1. The summed E-state index contributed by atoms with van der Waals surface area (Å²) >= 11 is 5.99. The van der Waals surface area contributed by atoms with Gasteiger partial charge in [-0.15, -0.1) is 0 Å². The second-order valence-corrected chi connectivity index (χ2v) is 4.01. The van der Waals surface area contributed by atoms with E-state index in [1.54, 1.807) is 24.3 Å². The summed E-state index contributed by atoms with van der Waals surface area (Å²) in [4.78, 5) is 14.3. The average molecular weight is 280 g/mol. The van der Waals surface area contributed by atoms with Crippen LogP contribution in [0.15, 0.2) is 36.4 Å². The molecule has 1 heterocycles. The summed E-state index contributed by atoms with van der Waals surface area (Å²) in [5, 5.41) is 14.2. The molecule has 7 nitrogen and oxygen atoms in total. The molecule has 19 heavy (non-hydrogen) atoms. The molecule has 0 aliphatic heterocycles. The van der Waals surface area contributed by atoms with Crippen molar-refractivity contribution < 1.29 is 4.92 Å².